The first-order valence-corrected chi connectivity index (χ1v) is 9.46. The second-order valence-corrected chi connectivity index (χ2v) is 6.95. The summed E-state index contributed by atoms with van der Waals surface area (Å²) in [4.78, 5) is 16.9. The molecule has 0 fully saturated rings. The molecule has 0 saturated heterocycles. The number of hydrogen-bond donors (Lipinski definition) is 1. The molecule has 0 radical (unpaired) electrons. The van der Waals surface area contributed by atoms with Crippen LogP contribution in [0.5, 0.6) is 0 Å². The molecule has 0 bridgehead atoms. The Labute approximate surface area is 184 Å². The molecular formula is C22H14F4N6O. The van der Waals surface area contributed by atoms with Crippen molar-refractivity contribution < 1.29 is 22.4 Å². The van der Waals surface area contributed by atoms with Crippen LogP contribution in [-0.2, 0) is 6.18 Å². The molecule has 1 N–H and O–H groups in total. The van der Waals surface area contributed by atoms with Gasteiger partial charge in [0.05, 0.1) is 23.0 Å². The highest BCUT2D eigenvalue weighted by molar-refractivity contribution is 6.03. The summed E-state index contributed by atoms with van der Waals surface area (Å²) in [6.07, 6.45) is -1.64. The van der Waals surface area contributed by atoms with E-state index in [0.29, 0.717) is 17.6 Å². The summed E-state index contributed by atoms with van der Waals surface area (Å²) in [5, 5.41) is 14.8. The maximum atomic E-state index is 14.7. The van der Waals surface area contributed by atoms with Gasteiger partial charge in [-0.05, 0) is 37.3 Å². The number of nitrogens with zero attached hydrogens (tertiary/aromatic N) is 5. The van der Waals surface area contributed by atoms with Crippen LogP contribution in [0.1, 0.15) is 27.6 Å². The molecule has 0 spiro atoms. The summed E-state index contributed by atoms with van der Waals surface area (Å²) in [5.74, 6) is -1.18. The number of amides is 1. The average molecular weight is 454 g/mol. The molecule has 2 aromatic carbocycles. The van der Waals surface area contributed by atoms with E-state index in [1.54, 1.807) is 23.9 Å². The zero-order chi connectivity index (χ0) is 23.8. The second kappa shape index (κ2) is 8.23. The van der Waals surface area contributed by atoms with Crippen LogP contribution in [0.2, 0.25) is 0 Å². The number of hydrogen-bond acceptors (Lipinski definition) is 4. The normalized spacial score (nSPS) is 11.3. The highest BCUT2D eigenvalue weighted by Gasteiger charge is 2.36. The van der Waals surface area contributed by atoms with Gasteiger partial charge in [0.1, 0.15) is 17.3 Å². The van der Waals surface area contributed by atoms with Crippen molar-refractivity contribution in [2.75, 3.05) is 5.32 Å². The summed E-state index contributed by atoms with van der Waals surface area (Å²) in [6, 6.07) is 12.0. The molecule has 1 amide bonds. The van der Waals surface area contributed by atoms with Gasteiger partial charge in [-0.2, -0.15) is 23.5 Å². The van der Waals surface area contributed by atoms with Gasteiger partial charge in [-0.25, -0.2) is 14.1 Å². The van der Waals surface area contributed by atoms with Crippen molar-refractivity contribution in [2.45, 2.75) is 13.1 Å². The van der Waals surface area contributed by atoms with Crippen molar-refractivity contribution >= 4 is 11.6 Å². The summed E-state index contributed by atoms with van der Waals surface area (Å²) >= 11 is 0. The second-order valence-electron chi connectivity index (χ2n) is 6.95. The van der Waals surface area contributed by atoms with Gasteiger partial charge in [-0.15, -0.1) is 0 Å². The molecular weight excluding hydrogens is 440 g/mol. The Kier molecular flexibility index (Phi) is 5.43. The first-order valence-electron chi connectivity index (χ1n) is 9.46. The molecule has 0 atom stereocenters. The number of halogens is 4. The van der Waals surface area contributed by atoms with E-state index in [1.807, 2.05) is 6.07 Å². The minimum Gasteiger partial charge on any atom is -0.318 e. The molecule has 0 aliphatic rings. The Morgan fingerprint density at radius 2 is 1.91 bits per heavy atom. The standard InChI is InChI=1S/C22H14F4N6O/c1-13-28-7-8-31(13)15-5-6-18(17(23)10-15)29-21(33)19-11-20(22(24,25)26)30-32(19)16-4-2-3-14(9-16)12-27/h2-11H,1H3,(H,29,33). The van der Waals surface area contributed by atoms with E-state index >= 15 is 0 Å². The number of benzene rings is 2. The SMILES string of the molecule is Cc1nccn1-c1ccc(NC(=O)c2cc(C(F)(F)F)nn2-c2cccc(C#N)c2)c(F)c1. The Balaban J connectivity index is 1.70. The molecule has 11 heteroatoms. The summed E-state index contributed by atoms with van der Waals surface area (Å²) in [6.45, 7) is 1.73. The topological polar surface area (TPSA) is 88.5 Å². The Hall–Kier alpha value is -4.46. The fraction of sp³-hybridized carbons (Fsp3) is 0.0909. The van der Waals surface area contributed by atoms with Gasteiger partial charge in [0.2, 0.25) is 0 Å². The number of aromatic nitrogens is 4. The Morgan fingerprint density at radius 1 is 1.12 bits per heavy atom. The predicted octanol–water partition coefficient (Wildman–Crippen LogP) is 4.65. The highest BCUT2D eigenvalue weighted by Crippen LogP contribution is 2.30. The summed E-state index contributed by atoms with van der Waals surface area (Å²) in [5.41, 5.74) is -1.32. The maximum Gasteiger partial charge on any atom is 0.435 e. The molecule has 2 heterocycles. The van der Waals surface area contributed by atoms with Gasteiger partial charge in [0.25, 0.3) is 5.91 Å². The maximum absolute atomic E-state index is 14.7. The van der Waals surface area contributed by atoms with E-state index in [0.717, 1.165) is 4.68 Å². The van der Waals surface area contributed by atoms with Gasteiger partial charge >= 0.3 is 6.18 Å². The van der Waals surface area contributed by atoms with E-state index in [1.165, 1.54) is 42.5 Å². The van der Waals surface area contributed by atoms with Gasteiger partial charge in [0, 0.05) is 30.2 Å². The molecule has 0 unspecified atom stereocenters. The molecule has 2 aromatic heterocycles. The van der Waals surface area contributed by atoms with E-state index in [9.17, 15) is 22.4 Å². The molecule has 4 aromatic rings. The van der Waals surface area contributed by atoms with Crippen molar-refractivity contribution in [3.05, 3.63) is 89.5 Å². The third-order valence-electron chi connectivity index (χ3n) is 4.76. The van der Waals surface area contributed by atoms with E-state index in [-0.39, 0.29) is 16.9 Å². The average Bonchev–Trinajstić information content (AvgIpc) is 3.42. The lowest BCUT2D eigenvalue weighted by Crippen LogP contribution is -2.18. The number of carbonyl (C=O) groups is 1. The van der Waals surface area contributed by atoms with Gasteiger partial charge in [-0.1, -0.05) is 6.07 Å². The largest absolute Gasteiger partial charge is 0.435 e. The number of carbonyl (C=O) groups excluding carboxylic acids is 1. The molecule has 166 valence electrons. The smallest absolute Gasteiger partial charge is 0.318 e. The zero-order valence-corrected chi connectivity index (χ0v) is 16.9. The van der Waals surface area contributed by atoms with Crippen LogP contribution in [0.25, 0.3) is 11.4 Å². The van der Waals surface area contributed by atoms with Crippen LogP contribution in [0.3, 0.4) is 0 Å². The zero-order valence-electron chi connectivity index (χ0n) is 16.9. The van der Waals surface area contributed by atoms with Crippen molar-refractivity contribution in [3.8, 4) is 17.4 Å². The first kappa shape index (κ1) is 21.8. The van der Waals surface area contributed by atoms with Crippen LogP contribution in [0, 0.1) is 24.1 Å². The lowest BCUT2D eigenvalue weighted by molar-refractivity contribution is -0.141. The predicted molar refractivity (Wildman–Crippen MR) is 109 cm³/mol. The number of anilines is 1. The quantitative estimate of drug-likeness (QED) is 0.455. The van der Waals surface area contributed by atoms with Gasteiger partial charge < -0.3 is 9.88 Å². The van der Waals surface area contributed by atoms with Crippen molar-refractivity contribution in [1.82, 2.24) is 19.3 Å². The third-order valence-corrected chi connectivity index (χ3v) is 4.76. The molecule has 33 heavy (non-hydrogen) atoms. The summed E-state index contributed by atoms with van der Waals surface area (Å²) < 4.78 is 56.9. The number of aryl methyl sites for hydroxylation is 1. The molecule has 4 rings (SSSR count). The number of nitriles is 1. The number of nitrogens with one attached hydrogen (secondary N) is 1. The van der Waals surface area contributed by atoms with Crippen molar-refractivity contribution in [1.29, 1.82) is 5.26 Å². The lowest BCUT2D eigenvalue weighted by atomic mass is 10.2. The molecule has 7 nitrogen and oxygen atoms in total. The Bertz CT molecular complexity index is 1400. The van der Waals surface area contributed by atoms with Crippen LogP contribution in [-0.4, -0.2) is 25.2 Å². The van der Waals surface area contributed by atoms with Crippen LogP contribution in [0.15, 0.2) is 60.9 Å². The minimum atomic E-state index is -4.82. The van der Waals surface area contributed by atoms with Crippen LogP contribution < -0.4 is 5.32 Å². The monoisotopic (exact) mass is 454 g/mol. The molecule has 0 aliphatic heterocycles. The number of alkyl halides is 3. The number of rotatable bonds is 4. The van der Waals surface area contributed by atoms with Crippen LogP contribution in [0.4, 0.5) is 23.2 Å². The van der Waals surface area contributed by atoms with E-state index in [4.69, 9.17) is 5.26 Å². The fourth-order valence-electron chi connectivity index (χ4n) is 3.18. The van der Waals surface area contributed by atoms with E-state index < -0.39 is 29.3 Å². The van der Waals surface area contributed by atoms with Crippen molar-refractivity contribution in [2.24, 2.45) is 0 Å². The summed E-state index contributed by atoms with van der Waals surface area (Å²) in [7, 11) is 0. The molecule has 0 aliphatic carbocycles. The minimum absolute atomic E-state index is 0.0705. The lowest BCUT2D eigenvalue weighted by Gasteiger charge is -2.11. The first-order chi connectivity index (χ1) is 15.7. The van der Waals surface area contributed by atoms with E-state index in [2.05, 4.69) is 15.4 Å². The van der Waals surface area contributed by atoms with Gasteiger partial charge in [-0.3, -0.25) is 4.79 Å². The molecule has 0 saturated carbocycles. The van der Waals surface area contributed by atoms with Crippen LogP contribution >= 0.6 is 0 Å². The highest BCUT2D eigenvalue weighted by atomic mass is 19.4. The number of imidazole rings is 1. The van der Waals surface area contributed by atoms with Crippen molar-refractivity contribution in [3.63, 3.8) is 0 Å². The Morgan fingerprint density at radius 3 is 2.55 bits per heavy atom. The third kappa shape index (κ3) is 4.31. The fourth-order valence-corrected chi connectivity index (χ4v) is 3.18. The van der Waals surface area contributed by atoms with Gasteiger partial charge in [0.15, 0.2) is 5.69 Å².